The van der Waals surface area contributed by atoms with Crippen molar-refractivity contribution in [1.29, 1.82) is 0 Å². The number of ether oxygens (including phenoxy) is 2. The number of nitrogens with zero attached hydrogens (tertiary/aromatic N) is 1. The van der Waals surface area contributed by atoms with E-state index in [1.807, 2.05) is 4.90 Å². The van der Waals surface area contributed by atoms with Crippen molar-refractivity contribution in [3.05, 3.63) is 23.8 Å². The van der Waals surface area contributed by atoms with Crippen LogP contribution in [-0.2, 0) is 4.79 Å². The van der Waals surface area contributed by atoms with Crippen LogP contribution in [0.2, 0.25) is 0 Å². The Kier molecular flexibility index (Phi) is 11.1. The van der Waals surface area contributed by atoms with Crippen molar-refractivity contribution in [3.8, 4) is 11.5 Å². The summed E-state index contributed by atoms with van der Waals surface area (Å²) in [4.78, 5) is 13.2. The van der Waals surface area contributed by atoms with Crippen LogP contribution in [0.3, 0.4) is 0 Å². The third-order valence-corrected chi connectivity index (χ3v) is 4.12. The minimum atomic E-state index is -4.20. The molecule has 1 aliphatic heterocycles. The van der Waals surface area contributed by atoms with E-state index < -0.39 is 18.6 Å². The molecule has 156 valence electrons. The number of piperazine rings is 1. The van der Waals surface area contributed by atoms with E-state index in [-0.39, 0.29) is 43.0 Å². The summed E-state index contributed by atoms with van der Waals surface area (Å²) < 4.78 is 48.5. The first-order valence-corrected chi connectivity index (χ1v) is 8.18. The number of carbonyl (C=O) groups is 1. The highest BCUT2D eigenvalue weighted by molar-refractivity contribution is 5.85. The summed E-state index contributed by atoms with van der Waals surface area (Å²) in [5, 5.41) is 3.20. The molecule has 1 aromatic rings. The molecule has 1 N–H and O–H groups in total. The fourth-order valence-corrected chi connectivity index (χ4v) is 2.98. The van der Waals surface area contributed by atoms with Gasteiger partial charge in [0.2, 0.25) is 0 Å². The van der Waals surface area contributed by atoms with Crippen LogP contribution in [0.25, 0.3) is 0 Å². The van der Waals surface area contributed by atoms with E-state index in [0.717, 1.165) is 18.7 Å². The number of rotatable bonds is 6. The van der Waals surface area contributed by atoms with Crippen molar-refractivity contribution in [2.24, 2.45) is 0 Å². The third-order valence-electron chi connectivity index (χ3n) is 4.12. The van der Waals surface area contributed by atoms with E-state index >= 15 is 0 Å². The maximum Gasteiger partial charge on any atom is 0.389 e. The minimum Gasteiger partial charge on any atom is -0.493 e. The number of benzene rings is 1. The Hall–Kier alpha value is -1.22. The van der Waals surface area contributed by atoms with Crippen molar-refractivity contribution in [1.82, 2.24) is 10.2 Å². The summed E-state index contributed by atoms with van der Waals surface area (Å²) in [6.45, 7) is 4.11. The van der Waals surface area contributed by atoms with Gasteiger partial charge in [-0.1, -0.05) is 6.07 Å². The molecule has 1 fully saturated rings. The van der Waals surface area contributed by atoms with Gasteiger partial charge in [0.25, 0.3) is 0 Å². The summed E-state index contributed by atoms with van der Waals surface area (Å²) in [6.07, 6.45) is -5.08. The molecule has 10 heteroatoms. The Morgan fingerprint density at radius 2 is 1.85 bits per heavy atom. The summed E-state index contributed by atoms with van der Waals surface area (Å²) in [5.41, 5.74) is 0.721. The van der Waals surface area contributed by atoms with E-state index in [0.29, 0.717) is 18.8 Å². The number of methoxy groups -OCH3 is 1. The largest absolute Gasteiger partial charge is 0.493 e. The molecule has 5 nitrogen and oxygen atoms in total. The molecule has 0 unspecified atom stereocenters. The van der Waals surface area contributed by atoms with Gasteiger partial charge in [-0.15, -0.1) is 24.8 Å². The molecular formula is C17H25Cl2F3N2O3. The fourth-order valence-electron chi connectivity index (χ4n) is 2.98. The SMILES string of the molecule is COc1cc([C@@H](CCC(F)(F)F)N2CCNCC2)ccc1OC(C)=O.Cl.Cl. The van der Waals surface area contributed by atoms with Gasteiger partial charge in [0.1, 0.15) is 0 Å². The van der Waals surface area contributed by atoms with E-state index in [9.17, 15) is 18.0 Å². The molecule has 2 rings (SSSR count). The van der Waals surface area contributed by atoms with E-state index in [1.54, 1.807) is 18.2 Å². The number of halogens is 5. The predicted octanol–water partition coefficient (Wildman–Crippen LogP) is 3.75. The first-order chi connectivity index (χ1) is 11.8. The fraction of sp³-hybridized carbons (Fsp3) is 0.588. The lowest BCUT2D eigenvalue weighted by Crippen LogP contribution is -2.45. The number of hydrogen-bond donors (Lipinski definition) is 1. The smallest absolute Gasteiger partial charge is 0.389 e. The van der Waals surface area contributed by atoms with Crippen molar-refractivity contribution in [2.45, 2.75) is 32.0 Å². The quantitative estimate of drug-likeness (QED) is 0.547. The zero-order valence-electron chi connectivity index (χ0n) is 15.2. The first-order valence-electron chi connectivity index (χ1n) is 8.18. The second-order valence-electron chi connectivity index (χ2n) is 5.96. The van der Waals surface area contributed by atoms with E-state index in [1.165, 1.54) is 14.0 Å². The van der Waals surface area contributed by atoms with Gasteiger partial charge in [-0.3, -0.25) is 9.69 Å². The average Bonchev–Trinajstić information content (AvgIpc) is 2.55. The van der Waals surface area contributed by atoms with Crippen molar-refractivity contribution >= 4 is 30.8 Å². The van der Waals surface area contributed by atoms with Crippen LogP contribution in [-0.4, -0.2) is 50.3 Å². The average molecular weight is 433 g/mol. The monoisotopic (exact) mass is 432 g/mol. The molecule has 27 heavy (non-hydrogen) atoms. The maximum atomic E-state index is 12.7. The molecule has 0 saturated carbocycles. The number of alkyl halides is 3. The zero-order chi connectivity index (χ0) is 18.4. The lowest BCUT2D eigenvalue weighted by atomic mass is 9.98. The molecule has 1 aromatic carbocycles. The van der Waals surface area contributed by atoms with E-state index in [4.69, 9.17) is 9.47 Å². The van der Waals surface area contributed by atoms with Gasteiger partial charge in [0.05, 0.1) is 7.11 Å². The molecule has 1 saturated heterocycles. The topological polar surface area (TPSA) is 50.8 Å². The first kappa shape index (κ1) is 25.8. The summed E-state index contributed by atoms with van der Waals surface area (Å²) in [5.74, 6) is 0.107. The highest BCUT2D eigenvalue weighted by Gasteiger charge is 2.31. The van der Waals surface area contributed by atoms with Crippen molar-refractivity contribution < 1.29 is 27.4 Å². The molecule has 0 aromatic heterocycles. The van der Waals surface area contributed by atoms with Gasteiger partial charge in [0.15, 0.2) is 11.5 Å². The Labute approximate surface area is 169 Å². The molecule has 0 bridgehead atoms. The summed E-state index contributed by atoms with van der Waals surface area (Å²) in [6, 6.07) is 4.55. The van der Waals surface area contributed by atoms with Gasteiger partial charge >= 0.3 is 12.1 Å². The van der Waals surface area contributed by atoms with Gasteiger partial charge < -0.3 is 14.8 Å². The highest BCUT2D eigenvalue weighted by atomic mass is 35.5. The van der Waals surface area contributed by atoms with Crippen LogP contribution < -0.4 is 14.8 Å². The zero-order valence-corrected chi connectivity index (χ0v) is 16.8. The van der Waals surface area contributed by atoms with Crippen LogP contribution in [0.5, 0.6) is 11.5 Å². The second kappa shape index (κ2) is 11.6. The van der Waals surface area contributed by atoms with E-state index in [2.05, 4.69) is 5.32 Å². The molecule has 0 spiro atoms. The number of esters is 1. The Bertz CT molecular complexity index is 597. The third kappa shape index (κ3) is 8.13. The summed E-state index contributed by atoms with van der Waals surface area (Å²) in [7, 11) is 1.43. The number of hydrogen-bond acceptors (Lipinski definition) is 5. The van der Waals surface area contributed by atoms with Crippen LogP contribution >= 0.6 is 24.8 Å². The highest BCUT2D eigenvalue weighted by Crippen LogP contribution is 2.36. The molecular weight excluding hydrogens is 408 g/mol. The second-order valence-corrected chi connectivity index (χ2v) is 5.96. The number of carbonyl (C=O) groups excluding carboxylic acids is 1. The van der Waals surface area contributed by atoms with Crippen molar-refractivity contribution in [3.63, 3.8) is 0 Å². The molecule has 1 atom stereocenters. The van der Waals surface area contributed by atoms with Gasteiger partial charge in [-0.2, -0.15) is 13.2 Å². The van der Waals surface area contributed by atoms with Crippen LogP contribution in [0, 0.1) is 0 Å². The van der Waals surface area contributed by atoms with Crippen molar-refractivity contribution in [2.75, 3.05) is 33.3 Å². The minimum absolute atomic E-state index is 0. The van der Waals surface area contributed by atoms with Gasteiger partial charge in [0, 0.05) is 45.6 Å². The lowest BCUT2D eigenvalue weighted by molar-refractivity contribution is -0.138. The Morgan fingerprint density at radius 3 is 2.37 bits per heavy atom. The Balaban J connectivity index is 0.00000338. The lowest BCUT2D eigenvalue weighted by Gasteiger charge is -2.35. The summed E-state index contributed by atoms with van der Waals surface area (Å²) >= 11 is 0. The normalized spacial score (nSPS) is 15.9. The maximum absolute atomic E-state index is 12.7. The van der Waals surface area contributed by atoms with Gasteiger partial charge in [-0.25, -0.2) is 0 Å². The van der Waals surface area contributed by atoms with Gasteiger partial charge in [-0.05, 0) is 24.1 Å². The molecule has 0 amide bonds. The Morgan fingerprint density at radius 1 is 1.22 bits per heavy atom. The number of nitrogens with one attached hydrogen (secondary N) is 1. The molecule has 0 radical (unpaired) electrons. The van der Waals surface area contributed by atoms with Crippen LogP contribution in [0.1, 0.15) is 31.4 Å². The van der Waals surface area contributed by atoms with Crippen LogP contribution in [0.15, 0.2) is 18.2 Å². The predicted molar refractivity (Wildman–Crippen MR) is 101 cm³/mol. The standard InChI is InChI=1S/C17H23F3N2O3.2ClH/c1-12(23)25-15-4-3-13(11-16(15)24-2)14(5-6-17(18,19)20)22-9-7-21-8-10-22;;/h3-4,11,14,21H,5-10H2,1-2H3;2*1H/t14-;;/m1../s1. The molecule has 0 aliphatic carbocycles. The molecule has 1 heterocycles. The van der Waals surface area contributed by atoms with Crippen LogP contribution in [0.4, 0.5) is 13.2 Å². The molecule has 1 aliphatic rings.